The number of hydrogen-bond acceptors (Lipinski definition) is 6. The van der Waals surface area contributed by atoms with Crippen LogP contribution in [0.25, 0.3) is 11.0 Å². The number of benzene rings is 1. The summed E-state index contributed by atoms with van der Waals surface area (Å²) >= 11 is 0. The van der Waals surface area contributed by atoms with Crippen molar-refractivity contribution in [3.8, 4) is 11.5 Å². The van der Waals surface area contributed by atoms with Gasteiger partial charge in [-0.3, -0.25) is 4.79 Å². The van der Waals surface area contributed by atoms with Crippen molar-refractivity contribution in [1.82, 2.24) is 0 Å². The Morgan fingerprint density at radius 3 is 2.57 bits per heavy atom. The van der Waals surface area contributed by atoms with E-state index in [0.717, 1.165) is 28.8 Å². The maximum absolute atomic E-state index is 11.5. The molecule has 0 aliphatic carbocycles. The van der Waals surface area contributed by atoms with Crippen molar-refractivity contribution in [1.29, 1.82) is 0 Å². The third kappa shape index (κ3) is 2.96. The van der Waals surface area contributed by atoms with Gasteiger partial charge in [0.05, 0.1) is 0 Å². The Morgan fingerprint density at radius 1 is 1.09 bits per heavy atom. The lowest BCUT2D eigenvalue weighted by atomic mass is 10.1. The van der Waals surface area contributed by atoms with E-state index in [4.69, 9.17) is 18.7 Å². The largest absolute Gasteiger partial charge is 0.502 e. The second kappa shape index (κ2) is 5.64. The normalized spacial score (nSPS) is 10.9. The minimum absolute atomic E-state index is 0.0104. The molecule has 23 heavy (non-hydrogen) atoms. The van der Waals surface area contributed by atoms with E-state index in [2.05, 4.69) is 0 Å². The Hall–Kier alpha value is -3.02. The molecule has 0 saturated heterocycles. The predicted molar refractivity (Wildman–Crippen MR) is 82.9 cm³/mol. The highest BCUT2D eigenvalue weighted by Crippen LogP contribution is 2.27. The second-order valence-corrected chi connectivity index (χ2v) is 5.25. The highest BCUT2D eigenvalue weighted by atomic mass is 16.5. The lowest BCUT2D eigenvalue weighted by Gasteiger charge is -2.09. The van der Waals surface area contributed by atoms with E-state index in [1.165, 1.54) is 6.07 Å². The molecule has 3 rings (SSSR count). The van der Waals surface area contributed by atoms with Crippen LogP contribution in [-0.4, -0.2) is 5.11 Å². The van der Waals surface area contributed by atoms with Crippen molar-refractivity contribution in [2.75, 3.05) is 0 Å². The second-order valence-electron chi connectivity index (χ2n) is 5.25. The van der Waals surface area contributed by atoms with Gasteiger partial charge in [0.25, 0.3) is 0 Å². The molecule has 2 aromatic heterocycles. The molecule has 0 spiro atoms. The first kappa shape index (κ1) is 14.9. The molecule has 6 heteroatoms. The fourth-order valence-corrected chi connectivity index (χ4v) is 2.45. The summed E-state index contributed by atoms with van der Waals surface area (Å²) in [5, 5.41) is 10.0. The number of aromatic hydroxyl groups is 1. The number of ether oxygens (including phenoxy) is 1. The van der Waals surface area contributed by atoms with Crippen LogP contribution in [0.5, 0.6) is 11.5 Å². The van der Waals surface area contributed by atoms with Crippen molar-refractivity contribution in [2.24, 2.45) is 0 Å². The number of hydrogen-bond donors (Lipinski definition) is 1. The molecular formula is C17H14O6. The lowest BCUT2D eigenvalue weighted by Crippen LogP contribution is -2.03. The molecule has 1 aromatic carbocycles. The average molecular weight is 314 g/mol. The molecule has 3 aromatic rings. The van der Waals surface area contributed by atoms with Crippen LogP contribution in [0.3, 0.4) is 0 Å². The molecule has 1 N–H and O–H groups in total. The molecule has 0 aliphatic rings. The Balaban J connectivity index is 1.93. The van der Waals surface area contributed by atoms with Crippen LogP contribution in [0.2, 0.25) is 0 Å². The first-order valence-electron chi connectivity index (χ1n) is 6.92. The van der Waals surface area contributed by atoms with E-state index in [-0.39, 0.29) is 12.4 Å². The Morgan fingerprint density at radius 2 is 1.83 bits per heavy atom. The van der Waals surface area contributed by atoms with Crippen LogP contribution in [0, 0.1) is 13.8 Å². The van der Waals surface area contributed by atoms with E-state index in [0.29, 0.717) is 11.3 Å². The zero-order chi connectivity index (χ0) is 16.6. The van der Waals surface area contributed by atoms with Crippen LogP contribution in [-0.2, 0) is 6.61 Å². The number of fused-ring (bicyclic) bond motifs is 1. The molecule has 0 unspecified atom stereocenters. The fraction of sp³-hybridized carbons (Fsp3) is 0.176. The lowest BCUT2D eigenvalue weighted by molar-refractivity contribution is 0.263. The highest BCUT2D eigenvalue weighted by molar-refractivity contribution is 5.84. The summed E-state index contributed by atoms with van der Waals surface area (Å²) in [5.74, 6) is 0.309. The Bertz CT molecular complexity index is 996. The van der Waals surface area contributed by atoms with Crippen molar-refractivity contribution in [3.05, 3.63) is 68.1 Å². The van der Waals surface area contributed by atoms with Crippen LogP contribution in [0.4, 0.5) is 0 Å². The summed E-state index contributed by atoms with van der Waals surface area (Å²) in [5.41, 5.74) is 1.23. The smallest absolute Gasteiger partial charge is 0.336 e. The van der Waals surface area contributed by atoms with Gasteiger partial charge < -0.3 is 18.7 Å². The standard InChI is InChI=1S/C17H14O6/c1-9-3-11(6-15-17(9)10(2)4-16(20)23-15)21-7-12-5-13(18)14(19)8-22-12/h3-6,8,19H,7H2,1-2H3. The topological polar surface area (TPSA) is 89.9 Å². The van der Waals surface area contributed by atoms with E-state index < -0.39 is 16.8 Å². The molecule has 0 bridgehead atoms. The van der Waals surface area contributed by atoms with Crippen LogP contribution >= 0.6 is 0 Å². The molecule has 0 aliphatic heterocycles. The molecule has 0 saturated carbocycles. The summed E-state index contributed by atoms with van der Waals surface area (Å²) in [4.78, 5) is 22.8. The zero-order valence-corrected chi connectivity index (χ0v) is 12.6. The van der Waals surface area contributed by atoms with Crippen molar-refractivity contribution in [3.63, 3.8) is 0 Å². The van der Waals surface area contributed by atoms with Gasteiger partial charge in [-0.05, 0) is 31.0 Å². The fourth-order valence-electron chi connectivity index (χ4n) is 2.45. The van der Waals surface area contributed by atoms with Gasteiger partial charge in [-0.2, -0.15) is 0 Å². The van der Waals surface area contributed by atoms with E-state index in [9.17, 15) is 9.59 Å². The summed E-state index contributed by atoms with van der Waals surface area (Å²) in [7, 11) is 0. The Labute approximate surface area is 130 Å². The summed E-state index contributed by atoms with van der Waals surface area (Å²) in [6, 6.07) is 6.04. The molecule has 0 amide bonds. The molecular weight excluding hydrogens is 300 g/mol. The SMILES string of the molecule is Cc1cc(OCc2cc(=O)c(O)co2)cc2oc(=O)cc(C)c12. The van der Waals surface area contributed by atoms with Gasteiger partial charge in [0.1, 0.15) is 30.0 Å². The van der Waals surface area contributed by atoms with Crippen molar-refractivity contribution >= 4 is 11.0 Å². The summed E-state index contributed by atoms with van der Waals surface area (Å²) < 4.78 is 15.9. The van der Waals surface area contributed by atoms with Gasteiger partial charge in [-0.1, -0.05) is 0 Å². The van der Waals surface area contributed by atoms with Gasteiger partial charge in [-0.15, -0.1) is 0 Å². The summed E-state index contributed by atoms with van der Waals surface area (Å²) in [6.07, 6.45) is 0.967. The van der Waals surface area contributed by atoms with Crippen LogP contribution < -0.4 is 15.8 Å². The van der Waals surface area contributed by atoms with Gasteiger partial charge in [0.15, 0.2) is 5.75 Å². The van der Waals surface area contributed by atoms with Gasteiger partial charge >= 0.3 is 5.63 Å². The molecule has 0 atom stereocenters. The molecule has 0 radical (unpaired) electrons. The van der Waals surface area contributed by atoms with Crippen molar-refractivity contribution in [2.45, 2.75) is 20.5 Å². The van der Waals surface area contributed by atoms with E-state index >= 15 is 0 Å². The maximum Gasteiger partial charge on any atom is 0.336 e. The first-order chi connectivity index (χ1) is 10.9. The Kier molecular flexibility index (Phi) is 3.65. The van der Waals surface area contributed by atoms with Crippen LogP contribution in [0.1, 0.15) is 16.9 Å². The predicted octanol–water partition coefficient (Wildman–Crippen LogP) is 2.65. The third-order valence-corrected chi connectivity index (χ3v) is 3.46. The monoisotopic (exact) mass is 314 g/mol. The van der Waals surface area contributed by atoms with Gasteiger partial charge in [0.2, 0.25) is 5.43 Å². The summed E-state index contributed by atoms with van der Waals surface area (Å²) in [6.45, 7) is 3.75. The maximum atomic E-state index is 11.5. The van der Waals surface area contributed by atoms with Crippen LogP contribution in [0.15, 0.2) is 49.0 Å². The number of rotatable bonds is 3. The minimum atomic E-state index is -0.536. The highest BCUT2D eigenvalue weighted by Gasteiger charge is 2.09. The quantitative estimate of drug-likeness (QED) is 0.747. The number of aryl methyl sites for hydroxylation is 2. The molecule has 118 valence electrons. The molecule has 2 heterocycles. The molecule has 6 nitrogen and oxygen atoms in total. The van der Waals surface area contributed by atoms with Gasteiger partial charge in [-0.25, -0.2) is 4.79 Å². The van der Waals surface area contributed by atoms with Gasteiger partial charge in [0, 0.05) is 23.6 Å². The van der Waals surface area contributed by atoms with E-state index in [1.54, 1.807) is 6.07 Å². The van der Waals surface area contributed by atoms with Crippen molar-refractivity contribution < 1.29 is 18.7 Å². The zero-order valence-electron chi connectivity index (χ0n) is 12.6. The van der Waals surface area contributed by atoms with E-state index in [1.807, 2.05) is 19.9 Å². The average Bonchev–Trinajstić information content (AvgIpc) is 2.47. The third-order valence-electron chi connectivity index (χ3n) is 3.46. The first-order valence-corrected chi connectivity index (χ1v) is 6.92. The minimum Gasteiger partial charge on any atom is -0.502 e. The molecule has 0 fully saturated rings.